The van der Waals surface area contributed by atoms with E-state index in [4.69, 9.17) is 37.9 Å². The lowest BCUT2D eigenvalue weighted by Gasteiger charge is -2.47. The molecule has 0 bridgehead atoms. The van der Waals surface area contributed by atoms with E-state index in [9.17, 15) is 0 Å². The fourth-order valence-corrected chi connectivity index (χ4v) is 9.56. The first kappa shape index (κ1) is 27.0. The summed E-state index contributed by atoms with van der Waals surface area (Å²) in [6.45, 7) is 10.1. The summed E-state index contributed by atoms with van der Waals surface area (Å²) in [4.78, 5) is 0. The summed E-state index contributed by atoms with van der Waals surface area (Å²) in [7, 11) is 0. The molecule has 2 saturated heterocycles. The molecule has 234 valence electrons. The normalized spacial score (nSPS) is 34.8. The van der Waals surface area contributed by atoms with Crippen LogP contribution in [0, 0.1) is 0 Å². The van der Waals surface area contributed by atoms with Crippen molar-refractivity contribution < 1.29 is 37.9 Å². The fraction of sp³-hybridized carbons (Fsp3) is 0.667. The quantitative estimate of drug-likeness (QED) is 0.389. The van der Waals surface area contributed by atoms with Gasteiger partial charge < -0.3 is 37.9 Å². The first-order chi connectivity index (χ1) is 21.3. The van der Waals surface area contributed by atoms with Gasteiger partial charge in [-0.1, -0.05) is 0 Å². The van der Waals surface area contributed by atoms with Gasteiger partial charge in [0, 0.05) is 22.3 Å². The van der Waals surface area contributed by atoms with Crippen LogP contribution in [0.5, 0.6) is 11.5 Å². The van der Waals surface area contributed by atoms with Crippen molar-refractivity contribution >= 4 is 0 Å². The summed E-state index contributed by atoms with van der Waals surface area (Å²) < 4.78 is 52.8. The molecule has 0 unspecified atom stereocenters. The topological polar surface area (TPSA) is 73.8 Å². The van der Waals surface area contributed by atoms with E-state index in [0.717, 1.165) is 37.2 Å². The van der Waals surface area contributed by atoms with Crippen molar-refractivity contribution in [3.05, 3.63) is 44.5 Å². The van der Waals surface area contributed by atoms with Gasteiger partial charge in [0.05, 0.1) is 26.4 Å². The van der Waals surface area contributed by atoms with Crippen LogP contribution in [-0.4, -0.2) is 49.2 Å². The molecule has 0 saturated carbocycles. The number of benzene rings is 2. The van der Waals surface area contributed by atoms with Crippen molar-refractivity contribution in [2.24, 2.45) is 0 Å². The average molecular weight is 603 g/mol. The van der Waals surface area contributed by atoms with Crippen molar-refractivity contribution in [2.45, 2.75) is 140 Å². The SMILES string of the molecule is CC1(C)OC[C@H]2Oc3c(-c4c5c(c6c7c4O[C@@H]4COC(C)(C)O[C@H]4[C@@H]7OC6)CCCC5)c4c(c5c3[C@@H](OC5)[C@@H]2O1)CCCC4. The smallest absolute Gasteiger partial charge is 0.163 e. The summed E-state index contributed by atoms with van der Waals surface area (Å²) in [6.07, 6.45) is 7.72. The number of fused-ring (bicyclic) bond motifs is 8. The molecule has 2 fully saturated rings. The maximum absolute atomic E-state index is 7.09. The molecular formula is C36H42O8. The van der Waals surface area contributed by atoms with E-state index >= 15 is 0 Å². The Labute approximate surface area is 258 Å². The Morgan fingerprint density at radius 3 is 1.36 bits per heavy atom. The van der Waals surface area contributed by atoms with Gasteiger partial charge in [-0.3, -0.25) is 0 Å². The molecule has 0 radical (unpaired) electrons. The Morgan fingerprint density at radius 1 is 0.523 bits per heavy atom. The van der Waals surface area contributed by atoms with E-state index in [1.807, 2.05) is 27.7 Å². The molecule has 10 rings (SSSR count). The van der Waals surface area contributed by atoms with E-state index in [2.05, 4.69) is 0 Å². The fourth-order valence-electron chi connectivity index (χ4n) is 9.56. The number of ether oxygens (including phenoxy) is 8. The molecule has 6 heterocycles. The zero-order valence-corrected chi connectivity index (χ0v) is 26.2. The maximum Gasteiger partial charge on any atom is 0.163 e. The van der Waals surface area contributed by atoms with Gasteiger partial charge in [-0.2, -0.15) is 0 Å². The highest BCUT2D eigenvalue weighted by Crippen LogP contribution is 2.61. The van der Waals surface area contributed by atoms with E-state index in [0.29, 0.717) is 26.4 Å². The van der Waals surface area contributed by atoms with Crippen LogP contribution in [0.1, 0.15) is 110 Å². The van der Waals surface area contributed by atoms with Gasteiger partial charge in [0.2, 0.25) is 0 Å². The molecule has 0 aromatic heterocycles. The highest BCUT2D eigenvalue weighted by atomic mass is 16.7. The molecule has 8 nitrogen and oxygen atoms in total. The zero-order valence-electron chi connectivity index (χ0n) is 26.2. The van der Waals surface area contributed by atoms with Crippen LogP contribution in [0.3, 0.4) is 0 Å². The Bertz CT molecular complexity index is 1470. The molecule has 2 aliphatic carbocycles. The number of rotatable bonds is 1. The maximum atomic E-state index is 7.09. The van der Waals surface area contributed by atoms with Gasteiger partial charge in [-0.05, 0) is 112 Å². The van der Waals surface area contributed by atoms with E-state index in [1.54, 1.807) is 0 Å². The minimum atomic E-state index is -0.674. The number of hydrogen-bond donors (Lipinski definition) is 0. The summed E-state index contributed by atoms with van der Waals surface area (Å²) in [5, 5.41) is 0. The van der Waals surface area contributed by atoms with Gasteiger partial charge >= 0.3 is 0 Å². The summed E-state index contributed by atoms with van der Waals surface area (Å²) in [5.74, 6) is 0.594. The molecule has 0 amide bonds. The van der Waals surface area contributed by atoms with Gasteiger partial charge in [0.15, 0.2) is 23.8 Å². The van der Waals surface area contributed by atoms with Gasteiger partial charge in [0.1, 0.15) is 35.9 Å². The van der Waals surface area contributed by atoms with E-state index in [-0.39, 0.29) is 36.6 Å². The Kier molecular flexibility index (Phi) is 5.64. The first-order valence-corrected chi connectivity index (χ1v) is 16.9. The van der Waals surface area contributed by atoms with Crippen molar-refractivity contribution in [3.8, 4) is 22.6 Å². The summed E-state index contributed by atoms with van der Waals surface area (Å²) >= 11 is 0. The Morgan fingerprint density at radius 2 is 0.932 bits per heavy atom. The van der Waals surface area contributed by atoms with Crippen LogP contribution >= 0.6 is 0 Å². The summed E-state index contributed by atoms with van der Waals surface area (Å²) in [5.41, 5.74) is 13.3. The van der Waals surface area contributed by atoms with Crippen LogP contribution < -0.4 is 9.47 Å². The molecule has 0 spiro atoms. The molecule has 8 heteroatoms. The lowest BCUT2D eigenvalue weighted by Crippen LogP contribution is -2.55. The third kappa shape index (κ3) is 3.67. The van der Waals surface area contributed by atoms with Gasteiger partial charge in [-0.25, -0.2) is 0 Å². The monoisotopic (exact) mass is 602 g/mol. The number of hydrogen-bond acceptors (Lipinski definition) is 8. The minimum absolute atomic E-state index is 0.168. The van der Waals surface area contributed by atoms with Gasteiger partial charge in [-0.15, -0.1) is 0 Å². The van der Waals surface area contributed by atoms with Crippen molar-refractivity contribution in [1.82, 2.24) is 0 Å². The highest BCUT2D eigenvalue weighted by molar-refractivity contribution is 5.88. The Balaban J connectivity index is 1.24. The lowest BCUT2D eigenvalue weighted by molar-refractivity contribution is -0.321. The van der Waals surface area contributed by atoms with Crippen LogP contribution in [-0.2, 0) is 67.3 Å². The summed E-state index contributed by atoms with van der Waals surface area (Å²) in [6, 6.07) is 0. The second kappa shape index (κ2) is 9.20. The molecular weight excluding hydrogens is 560 g/mol. The lowest BCUT2D eigenvalue weighted by atomic mass is 9.73. The van der Waals surface area contributed by atoms with Gasteiger partial charge in [0.25, 0.3) is 0 Å². The third-order valence-electron chi connectivity index (χ3n) is 11.4. The second-order valence-electron chi connectivity index (χ2n) is 14.9. The van der Waals surface area contributed by atoms with Crippen molar-refractivity contribution in [1.29, 1.82) is 0 Å². The molecule has 44 heavy (non-hydrogen) atoms. The molecule has 8 aliphatic rings. The standard InChI is InChI=1S/C36H42O8/c1-35(2)39-15-23-29(43-35)33-27-21(13-37-33)17-9-5-7-11-19(17)25(31(27)41-23)26-20-12-8-6-10-18(20)22-14-38-34-28(22)32(26)42-24-16-40-36(3,4)44-30(24)34/h23-24,29-30,33-34H,5-16H2,1-4H3/t23-,24-,29-,30-,33-,34-/m1/s1. The van der Waals surface area contributed by atoms with E-state index < -0.39 is 11.6 Å². The molecule has 0 N–H and O–H groups in total. The minimum Gasteiger partial charge on any atom is -0.484 e. The average Bonchev–Trinajstić information content (AvgIpc) is 3.66. The first-order valence-electron chi connectivity index (χ1n) is 16.9. The molecule has 2 aromatic rings. The van der Waals surface area contributed by atoms with Crippen molar-refractivity contribution in [3.63, 3.8) is 0 Å². The van der Waals surface area contributed by atoms with E-state index in [1.165, 1.54) is 81.3 Å². The van der Waals surface area contributed by atoms with Crippen LogP contribution in [0.15, 0.2) is 0 Å². The third-order valence-corrected chi connectivity index (χ3v) is 11.4. The van der Waals surface area contributed by atoms with Crippen LogP contribution in [0.25, 0.3) is 11.1 Å². The van der Waals surface area contributed by atoms with Crippen LogP contribution in [0.4, 0.5) is 0 Å². The highest BCUT2D eigenvalue weighted by Gasteiger charge is 2.54. The second-order valence-corrected chi connectivity index (χ2v) is 14.9. The predicted molar refractivity (Wildman–Crippen MR) is 159 cm³/mol. The predicted octanol–water partition coefficient (Wildman–Crippen LogP) is 6.08. The molecule has 6 atom stereocenters. The molecule has 2 aromatic carbocycles. The molecule has 6 aliphatic heterocycles. The Hall–Kier alpha value is -2.20. The largest absolute Gasteiger partial charge is 0.484 e. The zero-order chi connectivity index (χ0) is 29.5. The van der Waals surface area contributed by atoms with Crippen molar-refractivity contribution in [2.75, 3.05) is 13.2 Å². The van der Waals surface area contributed by atoms with Crippen LogP contribution in [0.2, 0.25) is 0 Å².